The highest BCUT2D eigenvalue weighted by molar-refractivity contribution is 5.80. The van der Waals surface area contributed by atoms with Crippen LogP contribution in [0.25, 0.3) is 10.9 Å². The van der Waals surface area contributed by atoms with Gasteiger partial charge in [0.1, 0.15) is 6.04 Å². The summed E-state index contributed by atoms with van der Waals surface area (Å²) in [5.41, 5.74) is 5.66. The van der Waals surface area contributed by atoms with Crippen LogP contribution in [-0.2, 0) is 26.1 Å². The van der Waals surface area contributed by atoms with Crippen LogP contribution in [0.2, 0.25) is 0 Å². The first-order valence-corrected chi connectivity index (χ1v) is 13.8. The highest BCUT2D eigenvalue weighted by Gasteiger charge is 2.31. The molecule has 8 heteroatoms. The maximum Gasteiger partial charge on any atom is 0.253 e. The van der Waals surface area contributed by atoms with Gasteiger partial charge < -0.3 is 4.98 Å². The lowest BCUT2D eigenvalue weighted by atomic mass is 10.0. The average molecular weight is 542 g/mol. The molecular formula is C33H31N7O. The van der Waals surface area contributed by atoms with Gasteiger partial charge in [-0.2, -0.15) is 0 Å². The van der Waals surface area contributed by atoms with Crippen molar-refractivity contribution in [1.29, 1.82) is 0 Å². The van der Waals surface area contributed by atoms with Crippen molar-refractivity contribution in [1.82, 2.24) is 35.1 Å². The number of aryl methyl sites for hydroxylation is 1. The first-order chi connectivity index (χ1) is 20.2. The van der Waals surface area contributed by atoms with Crippen LogP contribution in [0.1, 0.15) is 46.6 Å². The second-order valence-electron chi connectivity index (χ2n) is 10.2. The molecule has 3 aromatic carbocycles. The zero-order valence-electron chi connectivity index (χ0n) is 22.9. The largest absolute Gasteiger partial charge is 0.322 e. The van der Waals surface area contributed by atoms with Crippen LogP contribution in [0.4, 0.5) is 0 Å². The van der Waals surface area contributed by atoms with Crippen molar-refractivity contribution < 1.29 is 0 Å². The molecule has 8 nitrogen and oxygen atoms in total. The van der Waals surface area contributed by atoms with Crippen LogP contribution in [0.15, 0.2) is 114 Å². The number of hydrogen-bond donors (Lipinski definition) is 1. The van der Waals surface area contributed by atoms with E-state index in [2.05, 4.69) is 61.6 Å². The maximum absolute atomic E-state index is 13.8. The smallest absolute Gasteiger partial charge is 0.253 e. The molecule has 1 atom stereocenters. The number of aromatic amines is 1. The van der Waals surface area contributed by atoms with Crippen molar-refractivity contribution in [3.8, 4) is 0 Å². The number of nitrogens with one attached hydrogen (secondary N) is 1. The van der Waals surface area contributed by atoms with Gasteiger partial charge in [0.2, 0.25) is 0 Å². The predicted molar refractivity (Wildman–Crippen MR) is 159 cm³/mol. The minimum atomic E-state index is -0.535. The maximum atomic E-state index is 13.8. The van der Waals surface area contributed by atoms with Crippen molar-refractivity contribution in [2.45, 2.75) is 39.0 Å². The van der Waals surface area contributed by atoms with Gasteiger partial charge in [0.15, 0.2) is 5.82 Å². The molecule has 0 aliphatic carbocycles. The molecule has 0 fully saturated rings. The van der Waals surface area contributed by atoms with Crippen molar-refractivity contribution >= 4 is 10.9 Å². The molecule has 0 unspecified atom stereocenters. The highest BCUT2D eigenvalue weighted by Crippen LogP contribution is 2.30. The fourth-order valence-electron chi connectivity index (χ4n) is 5.25. The first kappa shape index (κ1) is 26.3. The summed E-state index contributed by atoms with van der Waals surface area (Å²) in [6, 6.07) is 32.0. The van der Waals surface area contributed by atoms with E-state index < -0.39 is 6.04 Å². The summed E-state index contributed by atoms with van der Waals surface area (Å²) in [4.78, 5) is 23.6. The van der Waals surface area contributed by atoms with Gasteiger partial charge in [0.25, 0.3) is 5.56 Å². The van der Waals surface area contributed by atoms with E-state index in [0.717, 1.165) is 34.0 Å². The van der Waals surface area contributed by atoms with E-state index in [1.165, 1.54) is 5.56 Å². The van der Waals surface area contributed by atoms with E-state index in [1.54, 1.807) is 10.9 Å². The number of aromatic nitrogens is 6. The van der Waals surface area contributed by atoms with E-state index >= 15 is 0 Å². The van der Waals surface area contributed by atoms with Gasteiger partial charge in [-0.05, 0) is 68.8 Å². The molecule has 0 spiro atoms. The van der Waals surface area contributed by atoms with Gasteiger partial charge in [-0.15, -0.1) is 5.10 Å². The quantitative estimate of drug-likeness (QED) is 0.253. The number of rotatable bonds is 10. The lowest BCUT2D eigenvalue weighted by molar-refractivity contribution is 0.194. The third kappa shape index (κ3) is 5.97. The Labute approximate surface area is 238 Å². The molecule has 0 saturated carbocycles. The molecule has 6 aromatic rings. The van der Waals surface area contributed by atoms with Gasteiger partial charge in [-0.3, -0.25) is 14.7 Å². The summed E-state index contributed by atoms with van der Waals surface area (Å²) >= 11 is 0. The topological polar surface area (TPSA) is 92.6 Å². The Kier molecular flexibility index (Phi) is 7.73. The van der Waals surface area contributed by atoms with Crippen molar-refractivity contribution in [3.63, 3.8) is 0 Å². The molecule has 204 valence electrons. The molecule has 0 aliphatic heterocycles. The summed E-state index contributed by atoms with van der Waals surface area (Å²) in [6.07, 6.45) is 4.53. The molecule has 6 rings (SSSR count). The first-order valence-electron chi connectivity index (χ1n) is 13.8. The molecule has 0 amide bonds. The molecule has 0 aliphatic rings. The Morgan fingerprint density at radius 2 is 1.56 bits per heavy atom. The van der Waals surface area contributed by atoms with Crippen molar-refractivity contribution in [2.24, 2.45) is 0 Å². The van der Waals surface area contributed by atoms with Crippen LogP contribution in [0.3, 0.4) is 0 Å². The molecule has 1 N–H and O–H groups in total. The minimum Gasteiger partial charge on any atom is -0.322 e. The standard InChI is InChI=1S/C33H31N7O/c1-2-24-15-16-30-28(18-24)19-29(33(41)35-30)31(32-36-37-38-40(32)23-26-12-7-4-8-13-26)39(21-25-10-5-3-6-11-25)22-27-14-9-17-34-20-27/h3-20,31H,2,21-23H2,1H3,(H,35,41)/t31-/m1/s1. The lowest BCUT2D eigenvalue weighted by Crippen LogP contribution is -2.35. The van der Waals surface area contributed by atoms with Crippen molar-refractivity contribution in [2.75, 3.05) is 0 Å². The van der Waals surface area contributed by atoms with Gasteiger partial charge >= 0.3 is 0 Å². The highest BCUT2D eigenvalue weighted by atomic mass is 16.1. The van der Waals surface area contributed by atoms with Crippen LogP contribution >= 0.6 is 0 Å². The Bertz CT molecular complexity index is 1740. The fraction of sp³-hybridized carbons (Fsp3) is 0.182. The molecule has 0 radical (unpaired) electrons. The lowest BCUT2D eigenvalue weighted by Gasteiger charge is -2.31. The average Bonchev–Trinajstić information content (AvgIpc) is 3.46. The second kappa shape index (κ2) is 12.1. The normalized spacial score (nSPS) is 12.1. The number of fused-ring (bicyclic) bond motifs is 1. The monoisotopic (exact) mass is 541 g/mol. The van der Waals surface area contributed by atoms with Crippen LogP contribution < -0.4 is 5.56 Å². The number of pyridine rings is 2. The Morgan fingerprint density at radius 1 is 0.829 bits per heavy atom. The van der Waals surface area contributed by atoms with E-state index in [-0.39, 0.29) is 5.56 Å². The van der Waals surface area contributed by atoms with Crippen LogP contribution in [-0.4, -0.2) is 35.1 Å². The van der Waals surface area contributed by atoms with E-state index in [0.29, 0.717) is 31.0 Å². The van der Waals surface area contributed by atoms with Gasteiger partial charge in [-0.1, -0.05) is 79.7 Å². The zero-order chi connectivity index (χ0) is 28.0. The van der Waals surface area contributed by atoms with Gasteiger partial charge in [0.05, 0.1) is 6.54 Å². The summed E-state index contributed by atoms with van der Waals surface area (Å²) in [5.74, 6) is 0.602. The van der Waals surface area contributed by atoms with Gasteiger partial charge in [0, 0.05) is 36.6 Å². The third-order valence-corrected chi connectivity index (χ3v) is 7.32. The van der Waals surface area contributed by atoms with E-state index in [4.69, 9.17) is 0 Å². The molecule has 0 saturated heterocycles. The van der Waals surface area contributed by atoms with Crippen molar-refractivity contribution in [3.05, 3.63) is 153 Å². The molecular weight excluding hydrogens is 510 g/mol. The summed E-state index contributed by atoms with van der Waals surface area (Å²) in [6.45, 7) is 3.73. The van der Waals surface area contributed by atoms with E-state index in [1.807, 2.05) is 79.0 Å². The summed E-state index contributed by atoms with van der Waals surface area (Å²) in [7, 11) is 0. The molecule has 3 aromatic heterocycles. The molecule has 0 bridgehead atoms. The Morgan fingerprint density at radius 3 is 2.29 bits per heavy atom. The molecule has 41 heavy (non-hydrogen) atoms. The Hall–Kier alpha value is -4.95. The van der Waals surface area contributed by atoms with Crippen LogP contribution in [0.5, 0.6) is 0 Å². The zero-order valence-corrected chi connectivity index (χ0v) is 22.9. The molecule has 3 heterocycles. The summed E-state index contributed by atoms with van der Waals surface area (Å²) in [5, 5.41) is 14.0. The minimum absolute atomic E-state index is 0.162. The number of tetrazole rings is 1. The van der Waals surface area contributed by atoms with E-state index in [9.17, 15) is 4.79 Å². The SMILES string of the molecule is CCc1ccc2[nH]c(=O)c([C@H](c3nnnn3Cc3ccccc3)N(Cc3ccccc3)Cc3cccnc3)cc2c1. The number of benzene rings is 3. The number of hydrogen-bond acceptors (Lipinski definition) is 6. The number of H-pyrrole nitrogens is 1. The fourth-order valence-corrected chi connectivity index (χ4v) is 5.25. The second-order valence-corrected chi connectivity index (χ2v) is 10.2. The van der Waals surface area contributed by atoms with Crippen LogP contribution in [0, 0.1) is 0 Å². The third-order valence-electron chi connectivity index (χ3n) is 7.32. The summed E-state index contributed by atoms with van der Waals surface area (Å²) < 4.78 is 1.80. The predicted octanol–water partition coefficient (Wildman–Crippen LogP) is 5.31. The number of nitrogens with zero attached hydrogens (tertiary/aromatic N) is 6. The van der Waals surface area contributed by atoms with Gasteiger partial charge in [-0.25, -0.2) is 4.68 Å². The Balaban J connectivity index is 1.53.